The summed E-state index contributed by atoms with van der Waals surface area (Å²) < 4.78 is 2.16. The molecule has 4 heteroatoms. The monoisotopic (exact) mass is 277 g/mol. The number of nitrogens with zero attached hydrogens (tertiary/aromatic N) is 2. The number of hydrogen-bond acceptors (Lipinski definition) is 2. The van der Waals surface area contributed by atoms with Crippen molar-refractivity contribution in [1.82, 2.24) is 9.55 Å². The van der Waals surface area contributed by atoms with Crippen LogP contribution < -0.4 is 5.32 Å². The zero-order chi connectivity index (χ0) is 13.7. The summed E-state index contributed by atoms with van der Waals surface area (Å²) in [4.78, 5) is 4.38. The average Bonchev–Trinajstić information content (AvgIpc) is 2.83. The Morgan fingerprint density at radius 1 is 1.42 bits per heavy atom. The highest BCUT2D eigenvalue weighted by Gasteiger charge is 2.09. The quantitative estimate of drug-likeness (QED) is 0.842. The first-order chi connectivity index (χ1) is 9.20. The molecule has 0 radical (unpaired) electrons. The second-order valence-corrected chi connectivity index (χ2v) is 5.16. The molecule has 0 amide bonds. The molecule has 3 nitrogen and oxygen atoms in total. The maximum Gasteiger partial charge on any atom is 0.203 e. The third-order valence-corrected chi connectivity index (χ3v) is 3.40. The van der Waals surface area contributed by atoms with Gasteiger partial charge in [0.25, 0.3) is 0 Å². The lowest BCUT2D eigenvalue weighted by molar-refractivity contribution is 0.631. The van der Waals surface area contributed by atoms with E-state index in [0.717, 1.165) is 29.5 Å². The van der Waals surface area contributed by atoms with Gasteiger partial charge in [0.1, 0.15) is 0 Å². The fourth-order valence-electron chi connectivity index (χ4n) is 2.01. The molecular weight excluding hydrogens is 258 g/mol. The molecule has 0 aliphatic heterocycles. The number of aryl methyl sites for hydroxylation is 1. The molecule has 0 saturated heterocycles. The van der Waals surface area contributed by atoms with Gasteiger partial charge in [-0.05, 0) is 31.0 Å². The second-order valence-electron chi connectivity index (χ2n) is 4.72. The summed E-state index contributed by atoms with van der Waals surface area (Å²) >= 11 is 6.02. The van der Waals surface area contributed by atoms with Gasteiger partial charge in [0.2, 0.25) is 5.95 Å². The summed E-state index contributed by atoms with van der Waals surface area (Å²) in [6, 6.07) is 8.10. The van der Waals surface area contributed by atoms with Crippen LogP contribution in [0.25, 0.3) is 0 Å². The Bertz CT molecular complexity index is 522. The highest BCUT2D eigenvalue weighted by atomic mass is 35.5. The number of imidazole rings is 1. The van der Waals surface area contributed by atoms with Crippen LogP contribution in [0, 0.1) is 0 Å². The standard InChI is InChI=1S/C15H20ClN3/c1-3-4-9-19-10-8-17-15(19)18-12(2)13-6-5-7-14(16)11-13/h5-8,10-12H,3-4,9H2,1-2H3,(H,17,18). The van der Waals surface area contributed by atoms with Crippen molar-refractivity contribution in [2.45, 2.75) is 39.3 Å². The lowest BCUT2D eigenvalue weighted by Crippen LogP contribution is -2.11. The van der Waals surface area contributed by atoms with Crippen molar-refractivity contribution in [2.75, 3.05) is 5.32 Å². The molecule has 19 heavy (non-hydrogen) atoms. The van der Waals surface area contributed by atoms with Gasteiger partial charge in [0.05, 0.1) is 6.04 Å². The van der Waals surface area contributed by atoms with Crippen LogP contribution >= 0.6 is 11.6 Å². The van der Waals surface area contributed by atoms with Crippen LogP contribution in [0.2, 0.25) is 5.02 Å². The van der Waals surface area contributed by atoms with Gasteiger partial charge < -0.3 is 9.88 Å². The molecule has 1 aromatic carbocycles. The van der Waals surface area contributed by atoms with Crippen molar-refractivity contribution < 1.29 is 0 Å². The molecule has 0 bridgehead atoms. The van der Waals surface area contributed by atoms with E-state index in [4.69, 9.17) is 11.6 Å². The number of rotatable bonds is 6. The minimum absolute atomic E-state index is 0.182. The number of benzene rings is 1. The summed E-state index contributed by atoms with van der Waals surface area (Å²) in [5, 5.41) is 4.20. The number of hydrogen-bond donors (Lipinski definition) is 1. The zero-order valence-corrected chi connectivity index (χ0v) is 12.2. The molecule has 1 N–H and O–H groups in total. The van der Waals surface area contributed by atoms with Crippen molar-refractivity contribution in [3.05, 3.63) is 47.2 Å². The first-order valence-corrected chi connectivity index (χ1v) is 7.11. The van der Waals surface area contributed by atoms with Crippen LogP contribution in [-0.4, -0.2) is 9.55 Å². The Morgan fingerprint density at radius 3 is 3.00 bits per heavy atom. The first kappa shape index (κ1) is 13.9. The largest absolute Gasteiger partial charge is 0.349 e. The molecule has 1 unspecified atom stereocenters. The van der Waals surface area contributed by atoms with Gasteiger partial charge in [-0.25, -0.2) is 4.98 Å². The summed E-state index contributed by atoms with van der Waals surface area (Å²) in [5.41, 5.74) is 1.16. The van der Waals surface area contributed by atoms with E-state index >= 15 is 0 Å². The van der Waals surface area contributed by atoms with Crippen molar-refractivity contribution in [3.8, 4) is 0 Å². The molecule has 0 aliphatic carbocycles. The first-order valence-electron chi connectivity index (χ1n) is 6.74. The van der Waals surface area contributed by atoms with E-state index in [1.165, 1.54) is 6.42 Å². The molecule has 1 heterocycles. The minimum Gasteiger partial charge on any atom is -0.349 e. The minimum atomic E-state index is 0.182. The molecule has 1 aromatic heterocycles. The lowest BCUT2D eigenvalue weighted by atomic mass is 10.1. The third kappa shape index (κ3) is 3.74. The fourth-order valence-corrected chi connectivity index (χ4v) is 2.21. The SMILES string of the molecule is CCCCn1ccnc1NC(C)c1cccc(Cl)c1. The summed E-state index contributed by atoms with van der Waals surface area (Å²) in [6.45, 7) is 5.31. The van der Waals surface area contributed by atoms with Crippen LogP contribution in [0.15, 0.2) is 36.7 Å². The predicted molar refractivity (Wildman–Crippen MR) is 80.6 cm³/mol. The van der Waals surface area contributed by atoms with Crippen molar-refractivity contribution >= 4 is 17.5 Å². The lowest BCUT2D eigenvalue weighted by Gasteiger charge is -2.16. The highest BCUT2D eigenvalue weighted by Crippen LogP contribution is 2.21. The predicted octanol–water partition coefficient (Wildman–Crippen LogP) is 4.51. The van der Waals surface area contributed by atoms with E-state index < -0.39 is 0 Å². The van der Waals surface area contributed by atoms with Gasteiger partial charge >= 0.3 is 0 Å². The van der Waals surface area contributed by atoms with Crippen LogP contribution in [-0.2, 0) is 6.54 Å². The van der Waals surface area contributed by atoms with Crippen molar-refractivity contribution in [1.29, 1.82) is 0 Å². The number of unbranched alkanes of at least 4 members (excludes halogenated alkanes) is 1. The maximum atomic E-state index is 6.02. The summed E-state index contributed by atoms with van der Waals surface area (Å²) in [5.74, 6) is 0.918. The third-order valence-electron chi connectivity index (χ3n) is 3.16. The van der Waals surface area contributed by atoms with Gasteiger partial charge in [-0.2, -0.15) is 0 Å². The number of aromatic nitrogens is 2. The van der Waals surface area contributed by atoms with Gasteiger partial charge in [0, 0.05) is 24.0 Å². The summed E-state index contributed by atoms with van der Waals surface area (Å²) in [7, 11) is 0. The molecule has 0 saturated carbocycles. The van der Waals surface area contributed by atoms with Gasteiger partial charge in [-0.3, -0.25) is 0 Å². The topological polar surface area (TPSA) is 29.9 Å². The van der Waals surface area contributed by atoms with E-state index in [-0.39, 0.29) is 6.04 Å². The van der Waals surface area contributed by atoms with Crippen LogP contribution in [0.3, 0.4) is 0 Å². The Hall–Kier alpha value is -1.48. The maximum absolute atomic E-state index is 6.02. The van der Waals surface area contributed by atoms with Gasteiger partial charge in [-0.1, -0.05) is 37.1 Å². The smallest absolute Gasteiger partial charge is 0.203 e. The zero-order valence-electron chi connectivity index (χ0n) is 11.4. The molecule has 1 atom stereocenters. The van der Waals surface area contributed by atoms with E-state index in [1.54, 1.807) is 0 Å². The van der Waals surface area contributed by atoms with Crippen molar-refractivity contribution in [3.63, 3.8) is 0 Å². The van der Waals surface area contributed by atoms with Crippen LogP contribution in [0.5, 0.6) is 0 Å². The van der Waals surface area contributed by atoms with E-state index in [1.807, 2.05) is 30.6 Å². The van der Waals surface area contributed by atoms with E-state index in [0.29, 0.717) is 0 Å². The Kier molecular flexibility index (Phi) is 4.86. The molecule has 102 valence electrons. The van der Waals surface area contributed by atoms with Gasteiger partial charge in [-0.15, -0.1) is 0 Å². The second kappa shape index (κ2) is 6.62. The number of halogens is 1. The fraction of sp³-hybridized carbons (Fsp3) is 0.400. The van der Waals surface area contributed by atoms with E-state index in [9.17, 15) is 0 Å². The Labute approximate surface area is 119 Å². The Morgan fingerprint density at radius 2 is 2.26 bits per heavy atom. The molecule has 2 rings (SSSR count). The van der Waals surface area contributed by atoms with Gasteiger partial charge in [0.15, 0.2) is 0 Å². The summed E-state index contributed by atoms with van der Waals surface area (Å²) in [6.07, 6.45) is 6.20. The molecule has 0 aliphatic rings. The molecule has 0 spiro atoms. The average molecular weight is 278 g/mol. The molecule has 2 aromatic rings. The molecule has 0 fully saturated rings. The normalized spacial score (nSPS) is 12.4. The molecular formula is C15H20ClN3. The number of anilines is 1. The Balaban J connectivity index is 2.06. The van der Waals surface area contributed by atoms with Crippen LogP contribution in [0.4, 0.5) is 5.95 Å². The van der Waals surface area contributed by atoms with Crippen molar-refractivity contribution in [2.24, 2.45) is 0 Å². The van der Waals surface area contributed by atoms with E-state index in [2.05, 4.69) is 34.8 Å². The highest BCUT2D eigenvalue weighted by molar-refractivity contribution is 6.30. The van der Waals surface area contributed by atoms with Crippen LogP contribution in [0.1, 0.15) is 38.3 Å². The number of nitrogens with one attached hydrogen (secondary N) is 1.